The lowest BCUT2D eigenvalue weighted by Crippen LogP contribution is -2.57. The van der Waals surface area contributed by atoms with E-state index in [0.717, 1.165) is 51.4 Å². The molecular formula is C21H36O4S. The Labute approximate surface area is 164 Å². The van der Waals surface area contributed by atoms with Crippen molar-refractivity contribution in [3.63, 3.8) is 0 Å². The molecule has 0 aromatic rings. The van der Waals surface area contributed by atoms with Gasteiger partial charge in [-0.1, -0.05) is 27.2 Å². The van der Waals surface area contributed by atoms with Gasteiger partial charge in [-0.25, -0.2) is 0 Å². The van der Waals surface area contributed by atoms with Gasteiger partial charge >= 0.3 is 0 Å². The summed E-state index contributed by atoms with van der Waals surface area (Å²) in [5.41, 5.74) is 0.133. The summed E-state index contributed by atoms with van der Waals surface area (Å²) in [4.78, 5) is 0. The molecule has 26 heavy (non-hydrogen) atoms. The second-order valence-electron chi connectivity index (χ2n) is 9.76. The van der Waals surface area contributed by atoms with Crippen molar-refractivity contribution in [3.8, 4) is 0 Å². The first kappa shape index (κ1) is 19.5. The van der Waals surface area contributed by atoms with Gasteiger partial charge < -0.3 is 18.8 Å². The third-order valence-corrected chi connectivity index (χ3v) is 9.30. The maximum atomic E-state index is 11.5. The van der Waals surface area contributed by atoms with Gasteiger partial charge in [0.15, 0.2) is 5.79 Å². The summed E-state index contributed by atoms with van der Waals surface area (Å²) in [7, 11) is 0. The smallest absolute Gasteiger partial charge is 0.174 e. The molecule has 1 heterocycles. The van der Waals surface area contributed by atoms with Crippen LogP contribution in [0.3, 0.4) is 0 Å². The Balaban J connectivity index is 1.57. The summed E-state index contributed by atoms with van der Waals surface area (Å²) < 4.78 is 17.7. The highest BCUT2D eigenvalue weighted by Gasteiger charge is 2.66. The molecule has 7 atom stereocenters. The highest BCUT2D eigenvalue weighted by Crippen LogP contribution is 2.65. The van der Waals surface area contributed by atoms with E-state index >= 15 is 0 Å². The Morgan fingerprint density at radius 1 is 1.04 bits per heavy atom. The molecule has 150 valence electrons. The minimum atomic E-state index is -0.438. The van der Waals surface area contributed by atoms with E-state index < -0.39 is 5.79 Å². The molecule has 0 amide bonds. The van der Waals surface area contributed by atoms with Gasteiger partial charge in [0.2, 0.25) is 0 Å². The predicted octanol–water partition coefficient (Wildman–Crippen LogP) is 4.36. The van der Waals surface area contributed by atoms with Crippen LogP contribution in [0.2, 0.25) is 0 Å². The van der Waals surface area contributed by atoms with Gasteiger partial charge in [0.05, 0.1) is 25.4 Å². The Bertz CT molecular complexity index is 522. The van der Waals surface area contributed by atoms with Crippen molar-refractivity contribution in [2.75, 3.05) is 13.2 Å². The van der Waals surface area contributed by atoms with E-state index in [-0.39, 0.29) is 29.0 Å². The van der Waals surface area contributed by atoms with Crippen LogP contribution in [0.25, 0.3) is 0 Å². The van der Waals surface area contributed by atoms with E-state index in [2.05, 4.69) is 33.7 Å². The maximum absolute atomic E-state index is 11.5. The van der Waals surface area contributed by atoms with Gasteiger partial charge in [0.1, 0.15) is 0 Å². The van der Waals surface area contributed by atoms with Crippen LogP contribution in [0.1, 0.15) is 72.1 Å². The van der Waals surface area contributed by atoms with Crippen molar-refractivity contribution in [1.29, 1.82) is 0 Å². The van der Waals surface area contributed by atoms with Crippen molar-refractivity contribution in [2.24, 2.45) is 28.6 Å². The number of fused-ring (bicyclic) bond motifs is 2. The van der Waals surface area contributed by atoms with E-state index in [9.17, 15) is 5.11 Å². The number of rotatable bonds is 3. The Morgan fingerprint density at radius 2 is 1.73 bits per heavy atom. The second kappa shape index (κ2) is 6.91. The van der Waals surface area contributed by atoms with Crippen LogP contribution in [0, 0.1) is 28.6 Å². The fraction of sp³-hybridized carbons (Fsp3) is 1.00. The van der Waals surface area contributed by atoms with Crippen LogP contribution in [0.4, 0.5) is 0 Å². The average molecular weight is 385 g/mol. The van der Waals surface area contributed by atoms with Crippen LogP contribution in [0.15, 0.2) is 0 Å². The second-order valence-corrected chi connectivity index (χ2v) is 9.97. The molecule has 1 N–H and O–H groups in total. The van der Waals surface area contributed by atoms with E-state index in [1.165, 1.54) is 0 Å². The molecule has 0 radical (unpaired) electrons. The van der Waals surface area contributed by atoms with Gasteiger partial charge in [-0.15, -0.1) is 0 Å². The van der Waals surface area contributed by atoms with Gasteiger partial charge in [0.25, 0.3) is 0 Å². The molecule has 3 saturated carbocycles. The average Bonchev–Trinajstić information content (AvgIpc) is 3.23. The van der Waals surface area contributed by atoms with Gasteiger partial charge in [-0.05, 0) is 74.6 Å². The molecule has 1 spiro atoms. The van der Waals surface area contributed by atoms with Gasteiger partial charge in [-0.3, -0.25) is 0 Å². The molecule has 0 bridgehead atoms. The lowest BCUT2D eigenvalue weighted by molar-refractivity contribution is -0.250. The molecule has 1 aliphatic heterocycles. The van der Waals surface area contributed by atoms with Crippen LogP contribution in [-0.2, 0) is 13.7 Å². The largest absolute Gasteiger partial charge is 0.393 e. The Hall–Kier alpha value is 0.190. The third kappa shape index (κ3) is 2.64. The fourth-order valence-electron chi connectivity index (χ4n) is 7.31. The van der Waals surface area contributed by atoms with Crippen LogP contribution < -0.4 is 0 Å². The van der Waals surface area contributed by atoms with Crippen molar-refractivity contribution in [2.45, 2.75) is 90.1 Å². The molecule has 0 aromatic carbocycles. The Kier molecular flexibility index (Phi) is 5.18. The first-order chi connectivity index (χ1) is 12.4. The Morgan fingerprint density at radius 3 is 2.38 bits per heavy atom. The van der Waals surface area contributed by atoms with Crippen LogP contribution in [-0.4, -0.2) is 36.3 Å². The molecule has 0 aromatic heterocycles. The fourth-order valence-corrected chi connectivity index (χ4v) is 7.50. The summed E-state index contributed by atoms with van der Waals surface area (Å²) in [5, 5.41) is 11.5. The minimum Gasteiger partial charge on any atom is -0.393 e. The zero-order chi connectivity index (χ0) is 18.6. The summed E-state index contributed by atoms with van der Waals surface area (Å²) in [6.45, 7) is 8.42. The highest BCUT2D eigenvalue weighted by atomic mass is 32.1. The highest BCUT2D eigenvalue weighted by molar-refractivity contribution is 7.75. The van der Waals surface area contributed by atoms with E-state index in [1.54, 1.807) is 0 Å². The zero-order valence-corrected chi connectivity index (χ0v) is 17.5. The normalized spacial score (nSPS) is 50.9. The SMILES string of the molecule is CC[C@H]1C[C@@H](OS)CC[C@]1(C)[C@H]1CC[C@@]2(C)[C@@H](CCC23OCCO3)[C@@H]1O. The lowest BCUT2D eigenvalue weighted by atomic mass is 9.51. The monoisotopic (exact) mass is 384 g/mol. The molecule has 0 unspecified atom stereocenters. The van der Waals surface area contributed by atoms with Gasteiger partial charge in [0, 0.05) is 11.8 Å². The summed E-state index contributed by atoms with van der Waals surface area (Å²) in [6, 6.07) is 0. The van der Waals surface area contributed by atoms with Gasteiger partial charge in [-0.2, -0.15) is 0 Å². The molecule has 4 nitrogen and oxygen atoms in total. The van der Waals surface area contributed by atoms with E-state index in [0.29, 0.717) is 25.0 Å². The molecular weight excluding hydrogens is 348 g/mol. The molecule has 4 fully saturated rings. The molecule has 3 aliphatic carbocycles. The first-order valence-electron chi connectivity index (χ1n) is 10.7. The van der Waals surface area contributed by atoms with Crippen molar-refractivity contribution >= 4 is 12.9 Å². The molecule has 1 saturated heterocycles. The van der Waals surface area contributed by atoms with Crippen molar-refractivity contribution in [1.82, 2.24) is 0 Å². The topological polar surface area (TPSA) is 47.9 Å². The minimum absolute atomic E-state index is 0.0527. The van der Waals surface area contributed by atoms with E-state index in [4.69, 9.17) is 13.7 Å². The van der Waals surface area contributed by atoms with E-state index in [1.807, 2.05) is 0 Å². The third-order valence-electron chi connectivity index (χ3n) is 9.00. The lowest BCUT2D eigenvalue weighted by Gasteiger charge is -2.56. The quantitative estimate of drug-likeness (QED) is 0.560. The van der Waals surface area contributed by atoms with Crippen molar-refractivity contribution < 1.29 is 18.8 Å². The first-order valence-corrected chi connectivity index (χ1v) is 11.0. The number of thiol groups is 1. The summed E-state index contributed by atoms with van der Waals surface area (Å²) in [6.07, 6.45) is 8.51. The molecule has 4 rings (SSSR count). The van der Waals surface area contributed by atoms with Crippen LogP contribution in [0.5, 0.6) is 0 Å². The standard InChI is InChI=1S/C21H36O4S/c1-4-14-13-15(25-26)5-8-19(14,2)16-6-9-20(3)17(18(16)22)7-10-21(20)23-11-12-24-21/h14-18,22,26H,4-13H2,1-3H3/t14-,15-,16-,17-,18+,19-,20-/m0/s1. The van der Waals surface area contributed by atoms with Crippen molar-refractivity contribution in [3.05, 3.63) is 0 Å². The number of ether oxygens (including phenoxy) is 2. The summed E-state index contributed by atoms with van der Waals surface area (Å²) in [5.74, 6) is 0.800. The maximum Gasteiger partial charge on any atom is 0.174 e. The number of aliphatic hydroxyl groups is 1. The summed E-state index contributed by atoms with van der Waals surface area (Å²) >= 11 is 4.07. The number of hydrogen-bond acceptors (Lipinski definition) is 5. The predicted molar refractivity (Wildman–Crippen MR) is 104 cm³/mol. The molecule has 4 aliphatic rings. The number of aliphatic hydroxyl groups excluding tert-OH is 1. The van der Waals surface area contributed by atoms with Crippen LogP contribution >= 0.6 is 12.9 Å². The molecule has 5 heteroatoms. The zero-order valence-electron chi connectivity index (χ0n) is 16.6. The number of hydrogen-bond donors (Lipinski definition) is 2.